The van der Waals surface area contributed by atoms with Crippen LogP contribution in [0.4, 0.5) is 8.78 Å². The predicted molar refractivity (Wildman–Crippen MR) is 66.8 cm³/mol. The maximum atomic E-state index is 12.9. The summed E-state index contributed by atoms with van der Waals surface area (Å²) in [6, 6.07) is 3.10. The van der Waals surface area contributed by atoms with Crippen LogP contribution in [0.1, 0.15) is 13.3 Å². The first kappa shape index (κ1) is 15.2. The lowest BCUT2D eigenvalue weighted by molar-refractivity contribution is 0.195. The molecular formula is C12H17F2NO2S. The molecule has 0 aliphatic carbocycles. The molecule has 3 nitrogen and oxygen atoms in total. The smallest absolute Gasteiger partial charge is 0.160 e. The highest BCUT2D eigenvalue weighted by Crippen LogP contribution is 2.13. The van der Waals surface area contributed by atoms with Crippen LogP contribution in [0.3, 0.4) is 0 Å². The van der Waals surface area contributed by atoms with Crippen molar-refractivity contribution >= 4 is 10.8 Å². The van der Waals surface area contributed by atoms with Crippen molar-refractivity contribution in [2.45, 2.75) is 24.3 Å². The van der Waals surface area contributed by atoms with Gasteiger partial charge in [0, 0.05) is 11.4 Å². The van der Waals surface area contributed by atoms with E-state index in [-0.39, 0.29) is 10.6 Å². The van der Waals surface area contributed by atoms with Crippen LogP contribution < -0.4 is 5.32 Å². The Kier molecular flexibility index (Phi) is 6.38. The van der Waals surface area contributed by atoms with Gasteiger partial charge in [0.1, 0.15) is 0 Å². The summed E-state index contributed by atoms with van der Waals surface area (Å²) in [5.41, 5.74) is 0. The third-order valence-electron chi connectivity index (χ3n) is 2.30. The summed E-state index contributed by atoms with van der Waals surface area (Å²) >= 11 is 0. The molecule has 18 heavy (non-hydrogen) atoms. The summed E-state index contributed by atoms with van der Waals surface area (Å²) in [6.45, 7) is 3.11. The topological polar surface area (TPSA) is 49.3 Å². The van der Waals surface area contributed by atoms with Gasteiger partial charge in [0.15, 0.2) is 11.6 Å². The van der Waals surface area contributed by atoms with E-state index in [1.807, 2.05) is 6.92 Å². The molecule has 0 heterocycles. The molecule has 102 valence electrons. The first-order valence-corrected chi connectivity index (χ1v) is 7.08. The maximum absolute atomic E-state index is 12.9. The van der Waals surface area contributed by atoms with Crippen LogP contribution in [0.5, 0.6) is 0 Å². The highest BCUT2D eigenvalue weighted by atomic mass is 32.2. The fraction of sp³-hybridized carbons (Fsp3) is 0.500. The van der Waals surface area contributed by atoms with E-state index in [0.717, 1.165) is 25.1 Å². The fourth-order valence-electron chi connectivity index (χ4n) is 1.39. The van der Waals surface area contributed by atoms with Gasteiger partial charge in [0.05, 0.1) is 22.7 Å². The van der Waals surface area contributed by atoms with Crippen LogP contribution in [0.15, 0.2) is 23.1 Å². The summed E-state index contributed by atoms with van der Waals surface area (Å²) in [4.78, 5) is 0.184. The number of aliphatic hydroxyl groups is 1. The van der Waals surface area contributed by atoms with Crippen molar-refractivity contribution in [1.29, 1.82) is 0 Å². The maximum Gasteiger partial charge on any atom is 0.160 e. The highest BCUT2D eigenvalue weighted by molar-refractivity contribution is 7.85. The molecule has 0 aliphatic heterocycles. The van der Waals surface area contributed by atoms with Gasteiger partial charge in [-0.25, -0.2) is 8.78 Å². The first-order valence-electron chi connectivity index (χ1n) is 5.76. The minimum absolute atomic E-state index is 0.00177. The zero-order valence-corrected chi connectivity index (χ0v) is 11.0. The quantitative estimate of drug-likeness (QED) is 0.741. The molecule has 2 N–H and O–H groups in total. The van der Waals surface area contributed by atoms with Gasteiger partial charge in [0.25, 0.3) is 0 Å². The second-order valence-electron chi connectivity index (χ2n) is 3.95. The highest BCUT2D eigenvalue weighted by Gasteiger charge is 2.13. The van der Waals surface area contributed by atoms with Crippen LogP contribution in [0.2, 0.25) is 0 Å². The summed E-state index contributed by atoms with van der Waals surface area (Å²) in [5, 5.41) is 12.6. The SMILES string of the molecule is CCCNCC(O)CS(=O)c1ccc(F)c(F)c1. The van der Waals surface area contributed by atoms with Crippen molar-refractivity contribution in [3.8, 4) is 0 Å². The molecule has 0 spiro atoms. The van der Waals surface area contributed by atoms with Gasteiger partial charge in [-0.3, -0.25) is 4.21 Å². The van der Waals surface area contributed by atoms with E-state index in [2.05, 4.69) is 5.32 Å². The van der Waals surface area contributed by atoms with Crippen molar-refractivity contribution in [2.75, 3.05) is 18.8 Å². The summed E-state index contributed by atoms with van der Waals surface area (Å²) < 4.78 is 37.4. The van der Waals surface area contributed by atoms with Gasteiger partial charge in [-0.1, -0.05) is 6.92 Å². The fourth-order valence-corrected chi connectivity index (χ4v) is 2.51. The van der Waals surface area contributed by atoms with Crippen molar-refractivity contribution in [3.63, 3.8) is 0 Å². The number of hydrogen-bond acceptors (Lipinski definition) is 3. The van der Waals surface area contributed by atoms with Crippen LogP contribution in [-0.4, -0.2) is 34.3 Å². The Bertz CT molecular complexity index is 415. The van der Waals surface area contributed by atoms with E-state index in [1.54, 1.807) is 0 Å². The van der Waals surface area contributed by atoms with Gasteiger partial charge in [-0.05, 0) is 31.2 Å². The lowest BCUT2D eigenvalue weighted by Gasteiger charge is -2.11. The molecule has 0 saturated heterocycles. The number of halogens is 2. The predicted octanol–water partition coefficient (Wildman–Crippen LogP) is 1.43. The molecule has 0 aliphatic rings. The Morgan fingerprint density at radius 1 is 1.39 bits per heavy atom. The number of benzene rings is 1. The van der Waals surface area contributed by atoms with Crippen LogP contribution in [0, 0.1) is 11.6 Å². The second kappa shape index (κ2) is 7.56. The normalized spacial score (nSPS) is 14.4. The Balaban J connectivity index is 2.51. The van der Waals surface area contributed by atoms with Crippen LogP contribution in [0.25, 0.3) is 0 Å². The summed E-state index contributed by atoms with van der Waals surface area (Å²) in [5.74, 6) is -2.00. The van der Waals surface area contributed by atoms with Gasteiger partial charge >= 0.3 is 0 Å². The molecule has 1 aromatic rings. The largest absolute Gasteiger partial charge is 0.391 e. The molecule has 0 bridgehead atoms. The van der Waals surface area contributed by atoms with Gasteiger partial charge in [0.2, 0.25) is 0 Å². The Morgan fingerprint density at radius 3 is 2.72 bits per heavy atom. The molecule has 0 radical (unpaired) electrons. The van der Waals surface area contributed by atoms with E-state index < -0.39 is 28.5 Å². The molecule has 0 fully saturated rings. The Morgan fingerprint density at radius 2 is 2.11 bits per heavy atom. The number of rotatable bonds is 7. The molecule has 0 saturated carbocycles. The zero-order valence-electron chi connectivity index (χ0n) is 10.2. The van der Waals surface area contributed by atoms with Crippen molar-refractivity contribution in [1.82, 2.24) is 5.32 Å². The average molecular weight is 277 g/mol. The van der Waals surface area contributed by atoms with Crippen LogP contribution >= 0.6 is 0 Å². The van der Waals surface area contributed by atoms with Gasteiger partial charge in [-0.2, -0.15) is 0 Å². The summed E-state index contributed by atoms with van der Waals surface area (Å²) in [6.07, 6.45) is 0.171. The van der Waals surface area contributed by atoms with Gasteiger partial charge in [-0.15, -0.1) is 0 Å². The molecule has 2 atom stereocenters. The first-order chi connectivity index (χ1) is 8.54. The minimum atomic E-state index is -1.53. The van der Waals surface area contributed by atoms with E-state index in [9.17, 15) is 18.1 Å². The molecular weight excluding hydrogens is 260 g/mol. The summed E-state index contributed by atoms with van der Waals surface area (Å²) in [7, 11) is -1.53. The lowest BCUT2D eigenvalue weighted by Crippen LogP contribution is -2.31. The van der Waals surface area contributed by atoms with Crippen LogP contribution in [-0.2, 0) is 10.8 Å². The van der Waals surface area contributed by atoms with Crippen molar-refractivity contribution < 1.29 is 18.1 Å². The molecule has 1 aromatic carbocycles. The molecule has 0 aromatic heterocycles. The van der Waals surface area contributed by atoms with E-state index in [1.165, 1.54) is 6.07 Å². The molecule has 2 unspecified atom stereocenters. The third-order valence-corrected chi connectivity index (χ3v) is 3.77. The van der Waals surface area contributed by atoms with Gasteiger partial charge < -0.3 is 10.4 Å². The molecule has 6 heteroatoms. The number of hydrogen-bond donors (Lipinski definition) is 2. The molecule has 0 amide bonds. The zero-order chi connectivity index (χ0) is 13.5. The van der Waals surface area contributed by atoms with Crippen molar-refractivity contribution in [3.05, 3.63) is 29.8 Å². The standard InChI is InChI=1S/C12H17F2NO2S/c1-2-5-15-7-9(16)8-18(17)10-3-4-11(13)12(14)6-10/h3-4,6,9,15-16H,2,5,7-8H2,1H3. The average Bonchev–Trinajstić information content (AvgIpc) is 2.33. The third kappa shape index (κ3) is 4.80. The second-order valence-corrected chi connectivity index (χ2v) is 5.44. The van der Waals surface area contributed by atoms with E-state index in [4.69, 9.17) is 0 Å². The minimum Gasteiger partial charge on any atom is -0.391 e. The van der Waals surface area contributed by atoms with E-state index in [0.29, 0.717) is 6.54 Å². The van der Waals surface area contributed by atoms with E-state index >= 15 is 0 Å². The lowest BCUT2D eigenvalue weighted by atomic mass is 10.3. The Labute approximate surface area is 108 Å². The Hall–Kier alpha value is -0.850. The monoisotopic (exact) mass is 277 g/mol. The molecule has 1 rings (SSSR count). The number of nitrogens with one attached hydrogen (secondary N) is 1. The number of aliphatic hydroxyl groups excluding tert-OH is 1. The van der Waals surface area contributed by atoms with Crippen molar-refractivity contribution in [2.24, 2.45) is 0 Å².